The molecule has 0 spiro atoms. The van der Waals surface area contributed by atoms with Gasteiger partial charge in [0.15, 0.2) is 0 Å². The molecule has 0 aliphatic carbocycles. The first kappa shape index (κ1) is 11.2. The highest BCUT2D eigenvalue weighted by Gasteiger charge is 2.33. The summed E-state index contributed by atoms with van der Waals surface area (Å²) in [6.07, 6.45) is 1.86. The molecule has 1 unspecified atom stereocenters. The largest absolute Gasteiger partial charge is 0.465 e. The minimum absolute atomic E-state index is 0.170. The molecule has 0 N–H and O–H groups in total. The van der Waals surface area contributed by atoms with Crippen molar-refractivity contribution in [2.24, 2.45) is 11.3 Å². The van der Waals surface area contributed by atoms with Gasteiger partial charge in [0.2, 0.25) is 0 Å². The molecular formula is C11H18O3. The van der Waals surface area contributed by atoms with Crippen LogP contribution in [-0.4, -0.2) is 18.4 Å². The molecule has 0 saturated carbocycles. The molecule has 1 fully saturated rings. The van der Waals surface area contributed by atoms with Crippen molar-refractivity contribution >= 4 is 11.8 Å². The van der Waals surface area contributed by atoms with Crippen molar-refractivity contribution in [3.05, 3.63) is 0 Å². The lowest BCUT2D eigenvalue weighted by atomic mass is 9.81. The topological polar surface area (TPSA) is 43.4 Å². The lowest BCUT2D eigenvalue weighted by molar-refractivity contribution is -0.143. The molecule has 3 heteroatoms. The molecule has 1 aliphatic heterocycles. The van der Waals surface area contributed by atoms with Crippen LogP contribution in [0.5, 0.6) is 0 Å². The number of carbonyl (C=O) groups excluding carboxylic acids is 2. The molecule has 0 radical (unpaired) electrons. The normalized spacial score (nSPS) is 22.2. The lowest BCUT2D eigenvalue weighted by Gasteiger charge is -2.21. The van der Waals surface area contributed by atoms with E-state index in [1.54, 1.807) is 0 Å². The van der Waals surface area contributed by atoms with Gasteiger partial charge in [-0.2, -0.15) is 0 Å². The predicted molar refractivity (Wildman–Crippen MR) is 52.8 cm³/mol. The van der Waals surface area contributed by atoms with Crippen LogP contribution < -0.4 is 0 Å². The molecule has 1 rings (SSSR count). The summed E-state index contributed by atoms with van der Waals surface area (Å²) in [7, 11) is 0. The standard InChI is InChI=1S/C11H18O3/c1-4-11(2,3)9(12)7-8-5-6-14-10(8)13/h8H,4-7H2,1-3H3. The molecule has 0 amide bonds. The molecule has 0 bridgehead atoms. The summed E-state index contributed by atoms with van der Waals surface area (Å²) in [6.45, 7) is 6.32. The van der Waals surface area contributed by atoms with Gasteiger partial charge in [0.05, 0.1) is 12.5 Å². The van der Waals surface area contributed by atoms with Gasteiger partial charge in [-0.3, -0.25) is 9.59 Å². The van der Waals surface area contributed by atoms with Crippen LogP contribution in [0.1, 0.15) is 40.0 Å². The molecule has 1 aliphatic rings. The second-order valence-corrected chi connectivity index (χ2v) is 4.52. The van der Waals surface area contributed by atoms with E-state index >= 15 is 0 Å². The van der Waals surface area contributed by atoms with E-state index in [0.29, 0.717) is 19.4 Å². The minimum atomic E-state index is -0.303. The molecule has 1 heterocycles. The number of ether oxygens (including phenoxy) is 1. The van der Waals surface area contributed by atoms with Gasteiger partial charge in [0.1, 0.15) is 5.78 Å². The monoisotopic (exact) mass is 198 g/mol. The van der Waals surface area contributed by atoms with E-state index in [0.717, 1.165) is 6.42 Å². The zero-order valence-electron chi connectivity index (χ0n) is 9.13. The van der Waals surface area contributed by atoms with Crippen LogP contribution in [0.4, 0.5) is 0 Å². The molecule has 14 heavy (non-hydrogen) atoms. The van der Waals surface area contributed by atoms with Crippen molar-refractivity contribution < 1.29 is 14.3 Å². The zero-order chi connectivity index (χ0) is 10.8. The second-order valence-electron chi connectivity index (χ2n) is 4.52. The Morgan fingerprint density at radius 3 is 2.64 bits per heavy atom. The average Bonchev–Trinajstić information content (AvgIpc) is 2.52. The average molecular weight is 198 g/mol. The molecule has 1 atom stereocenters. The van der Waals surface area contributed by atoms with Crippen LogP contribution in [-0.2, 0) is 14.3 Å². The summed E-state index contributed by atoms with van der Waals surface area (Å²) < 4.78 is 4.82. The highest BCUT2D eigenvalue weighted by Crippen LogP contribution is 2.27. The number of carbonyl (C=O) groups is 2. The van der Waals surface area contributed by atoms with E-state index in [9.17, 15) is 9.59 Å². The summed E-state index contributed by atoms with van der Waals surface area (Å²) in [4.78, 5) is 22.9. The number of ketones is 1. The smallest absolute Gasteiger partial charge is 0.309 e. The van der Waals surface area contributed by atoms with Crippen LogP contribution in [0.2, 0.25) is 0 Å². The van der Waals surface area contributed by atoms with Crippen molar-refractivity contribution in [3.63, 3.8) is 0 Å². The predicted octanol–water partition coefficient (Wildman–Crippen LogP) is 1.94. The quantitative estimate of drug-likeness (QED) is 0.648. The second kappa shape index (κ2) is 4.11. The van der Waals surface area contributed by atoms with E-state index in [2.05, 4.69) is 0 Å². The van der Waals surface area contributed by atoms with Crippen LogP contribution in [0.3, 0.4) is 0 Å². The number of cyclic esters (lactones) is 1. The van der Waals surface area contributed by atoms with Gasteiger partial charge in [0.25, 0.3) is 0 Å². The van der Waals surface area contributed by atoms with Crippen LogP contribution >= 0.6 is 0 Å². The van der Waals surface area contributed by atoms with E-state index in [1.807, 2.05) is 20.8 Å². The first-order valence-corrected chi connectivity index (χ1v) is 5.17. The van der Waals surface area contributed by atoms with Crippen molar-refractivity contribution in [3.8, 4) is 0 Å². The third kappa shape index (κ3) is 2.34. The first-order valence-electron chi connectivity index (χ1n) is 5.17. The Balaban J connectivity index is 2.52. The Morgan fingerprint density at radius 1 is 1.57 bits per heavy atom. The maximum absolute atomic E-state index is 11.8. The highest BCUT2D eigenvalue weighted by atomic mass is 16.5. The number of rotatable bonds is 4. The molecular weight excluding hydrogens is 180 g/mol. The van der Waals surface area contributed by atoms with E-state index in [4.69, 9.17) is 4.74 Å². The third-order valence-corrected chi connectivity index (χ3v) is 3.11. The van der Waals surface area contributed by atoms with Crippen molar-refractivity contribution in [2.45, 2.75) is 40.0 Å². The van der Waals surface area contributed by atoms with Crippen molar-refractivity contribution in [2.75, 3.05) is 6.61 Å². The maximum Gasteiger partial charge on any atom is 0.309 e. The number of hydrogen-bond acceptors (Lipinski definition) is 3. The Bertz CT molecular complexity index is 243. The fourth-order valence-electron chi connectivity index (χ4n) is 1.42. The van der Waals surface area contributed by atoms with Gasteiger partial charge in [-0.15, -0.1) is 0 Å². The van der Waals surface area contributed by atoms with Crippen LogP contribution in [0, 0.1) is 11.3 Å². The number of Topliss-reactive ketones (excluding diaryl/α,β-unsaturated/α-hetero) is 1. The summed E-state index contributed by atoms with van der Waals surface area (Å²) in [5.74, 6) is -0.220. The summed E-state index contributed by atoms with van der Waals surface area (Å²) >= 11 is 0. The lowest BCUT2D eigenvalue weighted by Crippen LogP contribution is -2.26. The molecule has 80 valence electrons. The summed E-state index contributed by atoms with van der Waals surface area (Å²) in [5, 5.41) is 0. The van der Waals surface area contributed by atoms with Gasteiger partial charge in [0, 0.05) is 11.8 Å². The summed E-state index contributed by atoms with van der Waals surface area (Å²) in [6, 6.07) is 0. The first-order chi connectivity index (χ1) is 6.47. The van der Waals surface area contributed by atoms with Gasteiger partial charge in [-0.25, -0.2) is 0 Å². The Hall–Kier alpha value is -0.860. The molecule has 1 saturated heterocycles. The van der Waals surface area contributed by atoms with Gasteiger partial charge < -0.3 is 4.74 Å². The van der Waals surface area contributed by atoms with E-state index in [-0.39, 0.29) is 23.1 Å². The molecule has 0 aromatic rings. The number of hydrogen-bond donors (Lipinski definition) is 0. The Labute approximate surface area is 84.8 Å². The van der Waals surface area contributed by atoms with Gasteiger partial charge in [-0.05, 0) is 12.8 Å². The van der Waals surface area contributed by atoms with Gasteiger partial charge in [-0.1, -0.05) is 20.8 Å². The van der Waals surface area contributed by atoms with Crippen molar-refractivity contribution in [1.29, 1.82) is 0 Å². The molecule has 0 aromatic heterocycles. The highest BCUT2D eigenvalue weighted by molar-refractivity contribution is 5.88. The molecule has 3 nitrogen and oxygen atoms in total. The fraction of sp³-hybridized carbons (Fsp3) is 0.818. The fourth-order valence-corrected chi connectivity index (χ4v) is 1.42. The third-order valence-electron chi connectivity index (χ3n) is 3.11. The van der Waals surface area contributed by atoms with Crippen LogP contribution in [0.25, 0.3) is 0 Å². The van der Waals surface area contributed by atoms with Gasteiger partial charge >= 0.3 is 5.97 Å². The molecule has 0 aromatic carbocycles. The minimum Gasteiger partial charge on any atom is -0.465 e. The maximum atomic E-state index is 11.8. The zero-order valence-corrected chi connectivity index (χ0v) is 9.13. The van der Waals surface area contributed by atoms with E-state index in [1.165, 1.54) is 0 Å². The van der Waals surface area contributed by atoms with E-state index < -0.39 is 0 Å². The Kier molecular flexibility index (Phi) is 3.29. The van der Waals surface area contributed by atoms with Crippen LogP contribution in [0.15, 0.2) is 0 Å². The SMILES string of the molecule is CCC(C)(C)C(=O)CC1CCOC1=O. The van der Waals surface area contributed by atoms with Crippen molar-refractivity contribution in [1.82, 2.24) is 0 Å². The Morgan fingerprint density at radius 2 is 2.21 bits per heavy atom. The number of esters is 1. The summed E-state index contributed by atoms with van der Waals surface area (Å²) in [5.41, 5.74) is -0.303.